The van der Waals surface area contributed by atoms with Crippen molar-refractivity contribution >= 4 is 15.0 Å². The highest BCUT2D eigenvalue weighted by Crippen LogP contribution is 2.44. The summed E-state index contributed by atoms with van der Waals surface area (Å²) < 4.78 is 10.4. The number of aryl methyl sites for hydroxylation is 3. The van der Waals surface area contributed by atoms with Crippen LogP contribution in [0.15, 0.2) is 72.8 Å². The minimum absolute atomic E-state index is 0.0324. The Hall–Kier alpha value is -2.64. The van der Waals surface area contributed by atoms with Crippen LogP contribution in [0.3, 0.4) is 0 Å². The van der Waals surface area contributed by atoms with E-state index in [4.69, 9.17) is 9.26 Å². The van der Waals surface area contributed by atoms with Gasteiger partial charge in [0.1, 0.15) is 0 Å². The lowest BCUT2D eigenvalue weighted by Gasteiger charge is -2.36. The summed E-state index contributed by atoms with van der Waals surface area (Å²) in [5.41, 5.74) is 6.75. The van der Waals surface area contributed by atoms with Gasteiger partial charge in [-0.2, -0.15) is 0 Å². The Bertz CT molecular complexity index is 850. The van der Waals surface area contributed by atoms with Gasteiger partial charge >= 0.3 is 6.16 Å². The second-order valence-corrected chi connectivity index (χ2v) is 8.46. The molecule has 1 atom stereocenters. The maximum absolute atomic E-state index is 11.8. The molecule has 30 heavy (non-hydrogen) atoms. The molecule has 3 aromatic rings. The van der Waals surface area contributed by atoms with Crippen molar-refractivity contribution < 1.29 is 14.1 Å². The van der Waals surface area contributed by atoms with Gasteiger partial charge < -0.3 is 9.26 Å². The Morgan fingerprint density at radius 3 is 1.43 bits per heavy atom. The maximum Gasteiger partial charge on any atom is 0.510 e. The van der Waals surface area contributed by atoms with E-state index in [1.165, 1.54) is 33.4 Å². The van der Waals surface area contributed by atoms with Crippen LogP contribution in [-0.2, 0) is 14.7 Å². The van der Waals surface area contributed by atoms with Gasteiger partial charge in [0, 0.05) is 6.16 Å². The van der Waals surface area contributed by atoms with Crippen molar-refractivity contribution in [3.63, 3.8) is 0 Å². The molecule has 0 saturated carbocycles. The van der Waals surface area contributed by atoms with E-state index in [1.807, 2.05) is 0 Å². The monoisotopic (exact) mass is 420 g/mol. The molecule has 156 valence electrons. The van der Waals surface area contributed by atoms with Crippen molar-refractivity contribution in [1.29, 1.82) is 0 Å². The smallest absolute Gasteiger partial charge is 0.434 e. The zero-order valence-corrected chi connectivity index (χ0v) is 19.1. The van der Waals surface area contributed by atoms with Crippen molar-refractivity contribution in [2.24, 2.45) is 0 Å². The molecule has 3 rings (SSSR count). The Morgan fingerprint density at radius 2 is 1.10 bits per heavy atom. The normalized spacial score (nSPS) is 11.6. The maximum atomic E-state index is 11.8. The molecule has 0 aliphatic carbocycles. The lowest BCUT2D eigenvalue weighted by Crippen LogP contribution is -2.32. The van der Waals surface area contributed by atoms with Crippen molar-refractivity contribution in [1.82, 2.24) is 0 Å². The molecule has 0 saturated heterocycles. The van der Waals surface area contributed by atoms with Crippen LogP contribution in [0.25, 0.3) is 0 Å². The van der Waals surface area contributed by atoms with E-state index in [9.17, 15) is 4.79 Å². The van der Waals surface area contributed by atoms with Gasteiger partial charge in [0.15, 0.2) is 0 Å². The molecular weight excluding hydrogens is 391 g/mol. The molecular formula is C26H29O3P. The summed E-state index contributed by atoms with van der Waals surface area (Å²) in [7, 11) is -0.0324. The van der Waals surface area contributed by atoms with Crippen molar-refractivity contribution in [2.45, 2.75) is 33.1 Å². The average molecular weight is 420 g/mol. The third kappa shape index (κ3) is 4.91. The first-order valence-corrected chi connectivity index (χ1v) is 11.3. The minimum atomic E-state index is -0.610. The third-order valence-corrected chi connectivity index (χ3v) is 6.37. The lowest BCUT2D eigenvalue weighted by molar-refractivity contribution is 0.110. The van der Waals surface area contributed by atoms with Gasteiger partial charge in [-0.3, -0.25) is 0 Å². The van der Waals surface area contributed by atoms with E-state index >= 15 is 0 Å². The van der Waals surface area contributed by atoms with Crippen LogP contribution in [0, 0.1) is 20.8 Å². The second-order valence-electron chi connectivity index (χ2n) is 7.61. The molecule has 3 nitrogen and oxygen atoms in total. The molecule has 4 heteroatoms. The van der Waals surface area contributed by atoms with Gasteiger partial charge in [-0.25, -0.2) is 4.79 Å². The van der Waals surface area contributed by atoms with Crippen LogP contribution in [0.1, 0.15) is 40.3 Å². The van der Waals surface area contributed by atoms with E-state index in [-0.39, 0.29) is 8.81 Å². The Labute approximate surface area is 181 Å². The molecule has 0 aliphatic heterocycles. The molecule has 0 N–H and O–H groups in total. The van der Waals surface area contributed by atoms with E-state index in [2.05, 4.69) is 93.6 Å². The summed E-state index contributed by atoms with van der Waals surface area (Å²) in [4.78, 5) is 11.8. The van der Waals surface area contributed by atoms with Crippen LogP contribution in [0.4, 0.5) is 4.79 Å². The first-order chi connectivity index (χ1) is 14.5. The molecule has 3 aromatic carbocycles. The van der Waals surface area contributed by atoms with Crippen molar-refractivity contribution in [2.75, 3.05) is 12.8 Å². The topological polar surface area (TPSA) is 35.5 Å². The van der Waals surface area contributed by atoms with Crippen LogP contribution >= 0.6 is 8.81 Å². The van der Waals surface area contributed by atoms with Crippen LogP contribution in [0.5, 0.6) is 0 Å². The van der Waals surface area contributed by atoms with Crippen molar-refractivity contribution in [3.8, 4) is 0 Å². The van der Waals surface area contributed by atoms with Gasteiger partial charge in [0.25, 0.3) is 0 Å². The summed E-state index contributed by atoms with van der Waals surface area (Å²) in [6.45, 7) is 8.36. The van der Waals surface area contributed by atoms with E-state index < -0.39 is 11.6 Å². The Kier molecular flexibility index (Phi) is 7.29. The van der Waals surface area contributed by atoms with E-state index in [1.54, 1.807) is 6.92 Å². The molecule has 0 spiro atoms. The first kappa shape index (κ1) is 22.1. The molecule has 0 heterocycles. The Morgan fingerprint density at radius 1 is 0.733 bits per heavy atom. The zero-order valence-electron chi connectivity index (χ0n) is 18.1. The van der Waals surface area contributed by atoms with Crippen LogP contribution in [-0.4, -0.2) is 18.9 Å². The summed E-state index contributed by atoms with van der Waals surface area (Å²) in [5, 5.41) is 0. The summed E-state index contributed by atoms with van der Waals surface area (Å²) in [6.07, 6.45) is 0.0301. The highest BCUT2D eigenvalue weighted by Gasteiger charge is 2.37. The van der Waals surface area contributed by atoms with Crippen LogP contribution < -0.4 is 0 Å². The third-order valence-electron chi connectivity index (χ3n) is 5.39. The number of hydrogen-bond donors (Lipinski definition) is 0. The average Bonchev–Trinajstić information content (AvgIpc) is 2.74. The van der Waals surface area contributed by atoms with E-state index in [0.717, 1.165) is 0 Å². The highest BCUT2D eigenvalue weighted by atomic mass is 31.1. The van der Waals surface area contributed by atoms with E-state index in [0.29, 0.717) is 12.8 Å². The number of benzene rings is 3. The fraction of sp³-hybridized carbons (Fsp3) is 0.269. The number of carbonyl (C=O) groups excluding carboxylic acids is 1. The summed E-state index contributed by atoms with van der Waals surface area (Å²) in [6, 6.07) is 26.0. The number of carbonyl (C=O) groups is 1. The molecule has 0 bridgehead atoms. The number of hydrogen-bond acceptors (Lipinski definition) is 3. The fourth-order valence-corrected chi connectivity index (χ4v) is 4.75. The molecule has 1 unspecified atom stereocenters. The van der Waals surface area contributed by atoms with Crippen molar-refractivity contribution in [3.05, 3.63) is 106 Å². The molecule has 0 fully saturated rings. The Balaban J connectivity index is 2.14. The van der Waals surface area contributed by atoms with Gasteiger partial charge in [-0.15, -0.1) is 0 Å². The fourth-order valence-electron chi connectivity index (χ4n) is 3.67. The zero-order chi connectivity index (χ0) is 21.6. The minimum Gasteiger partial charge on any atom is -0.434 e. The van der Waals surface area contributed by atoms with Gasteiger partial charge in [0.05, 0.1) is 20.8 Å². The molecule has 0 radical (unpaired) electrons. The summed E-state index contributed by atoms with van der Waals surface area (Å²) >= 11 is 0. The molecule has 0 aromatic heterocycles. The predicted octanol–water partition coefficient (Wildman–Crippen LogP) is 6.71. The standard InChI is InChI=1S/C26H29O3P/c1-5-28-25(27)29-30-18-26(22-12-6-19(2)7-13-22,23-14-8-20(3)9-15-23)24-16-10-21(4)11-17-24/h6-17,30H,5,18H2,1-4H3. The number of ether oxygens (including phenoxy) is 1. The van der Waals surface area contributed by atoms with Crippen LogP contribution in [0.2, 0.25) is 0 Å². The lowest BCUT2D eigenvalue weighted by atomic mass is 9.70. The largest absolute Gasteiger partial charge is 0.510 e. The second kappa shape index (κ2) is 9.91. The van der Waals surface area contributed by atoms with Gasteiger partial charge in [-0.05, 0) is 44.4 Å². The number of rotatable bonds is 7. The first-order valence-electron chi connectivity index (χ1n) is 10.2. The molecule has 0 aliphatic rings. The van der Waals surface area contributed by atoms with Gasteiger partial charge in [-0.1, -0.05) is 89.5 Å². The van der Waals surface area contributed by atoms with Gasteiger partial charge in [0.2, 0.25) is 0 Å². The SMILES string of the molecule is CCOC(=O)OPCC(c1ccc(C)cc1)(c1ccc(C)cc1)c1ccc(C)cc1. The predicted molar refractivity (Wildman–Crippen MR) is 125 cm³/mol. The highest BCUT2D eigenvalue weighted by molar-refractivity contribution is 7.33. The quantitative estimate of drug-likeness (QED) is 0.242. The summed E-state index contributed by atoms with van der Waals surface area (Å²) in [5.74, 6) is 0. The molecule has 0 amide bonds.